The Morgan fingerprint density at radius 3 is 2.70 bits per heavy atom. The molecule has 5 nitrogen and oxygen atoms in total. The summed E-state index contributed by atoms with van der Waals surface area (Å²) in [5.74, 6) is 0.810. The van der Waals surface area contributed by atoms with Crippen molar-refractivity contribution in [3.63, 3.8) is 0 Å². The van der Waals surface area contributed by atoms with E-state index >= 15 is 0 Å². The van der Waals surface area contributed by atoms with Crippen molar-refractivity contribution in [1.29, 1.82) is 0 Å². The Balaban J connectivity index is 0.00000200. The highest BCUT2D eigenvalue weighted by molar-refractivity contribution is 5.92. The Labute approximate surface area is 125 Å². The van der Waals surface area contributed by atoms with Gasteiger partial charge < -0.3 is 15.8 Å². The number of likely N-dealkylation sites (tertiary alicyclic amines) is 1. The summed E-state index contributed by atoms with van der Waals surface area (Å²) in [6.07, 6.45) is 0.969. The summed E-state index contributed by atoms with van der Waals surface area (Å²) in [5, 5.41) is 2.88. The van der Waals surface area contributed by atoms with Crippen LogP contribution >= 0.6 is 12.4 Å². The van der Waals surface area contributed by atoms with Gasteiger partial charge in [-0.3, -0.25) is 9.69 Å². The van der Waals surface area contributed by atoms with E-state index in [0.717, 1.165) is 30.9 Å². The van der Waals surface area contributed by atoms with Crippen LogP contribution in [-0.2, 0) is 4.79 Å². The monoisotopic (exact) mass is 299 g/mol. The van der Waals surface area contributed by atoms with E-state index < -0.39 is 0 Å². The molecule has 1 atom stereocenters. The second-order valence-electron chi connectivity index (χ2n) is 4.79. The maximum absolute atomic E-state index is 11.9. The Morgan fingerprint density at radius 1 is 1.45 bits per heavy atom. The van der Waals surface area contributed by atoms with Crippen LogP contribution in [0.5, 0.6) is 5.75 Å². The fourth-order valence-electron chi connectivity index (χ4n) is 2.21. The summed E-state index contributed by atoms with van der Waals surface area (Å²) in [4.78, 5) is 13.9. The number of rotatable bonds is 5. The van der Waals surface area contributed by atoms with Gasteiger partial charge in [0.05, 0.1) is 13.2 Å². The predicted molar refractivity (Wildman–Crippen MR) is 82.5 cm³/mol. The van der Waals surface area contributed by atoms with Gasteiger partial charge in [-0.15, -0.1) is 12.4 Å². The largest absolute Gasteiger partial charge is 0.494 e. The topological polar surface area (TPSA) is 67.6 Å². The minimum atomic E-state index is -0.00161. The number of nitrogens with two attached hydrogens (primary N) is 1. The third kappa shape index (κ3) is 5.00. The number of carbonyl (C=O) groups is 1. The van der Waals surface area contributed by atoms with E-state index in [0.29, 0.717) is 13.2 Å². The van der Waals surface area contributed by atoms with Crippen LogP contribution in [0.15, 0.2) is 24.3 Å². The molecule has 3 N–H and O–H groups in total. The van der Waals surface area contributed by atoms with Gasteiger partial charge in [0.15, 0.2) is 0 Å². The molecule has 0 radical (unpaired) electrons. The first-order valence-electron chi connectivity index (χ1n) is 6.68. The summed E-state index contributed by atoms with van der Waals surface area (Å²) in [5.41, 5.74) is 6.60. The summed E-state index contributed by atoms with van der Waals surface area (Å²) in [6, 6.07) is 7.60. The van der Waals surface area contributed by atoms with Crippen molar-refractivity contribution < 1.29 is 9.53 Å². The lowest BCUT2D eigenvalue weighted by Crippen LogP contribution is -2.33. The first-order valence-corrected chi connectivity index (χ1v) is 6.68. The molecule has 0 unspecified atom stereocenters. The molecule has 1 saturated heterocycles. The van der Waals surface area contributed by atoms with Gasteiger partial charge in [0, 0.05) is 24.8 Å². The zero-order valence-corrected chi connectivity index (χ0v) is 12.5. The number of ether oxygens (including phenoxy) is 1. The molecule has 1 heterocycles. The zero-order valence-electron chi connectivity index (χ0n) is 11.7. The minimum absolute atomic E-state index is 0. The van der Waals surface area contributed by atoms with Crippen molar-refractivity contribution in [1.82, 2.24) is 4.90 Å². The SMILES string of the molecule is CCOc1ccc(NC(=O)CN2CC[C@@H](N)C2)cc1.Cl. The number of nitrogens with zero attached hydrogens (tertiary/aromatic N) is 1. The van der Waals surface area contributed by atoms with Gasteiger partial charge >= 0.3 is 0 Å². The van der Waals surface area contributed by atoms with E-state index in [1.54, 1.807) is 0 Å². The molecule has 2 rings (SSSR count). The molecule has 1 aromatic rings. The molecule has 1 amide bonds. The number of halogens is 1. The van der Waals surface area contributed by atoms with E-state index in [4.69, 9.17) is 10.5 Å². The molecule has 1 aliphatic rings. The van der Waals surface area contributed by atoms with Gasteiger partial charge in [0.25, 0.3) is 0 Å². The van der Waals surface area contributed by atoms with Gasteiger partial charge in [-0.2, -0.15) is 0 Å². The van der Waals surface area contributed by atoms with Crippen molar-refractivity contribution in [2.45, 2.75) is 19.4 Å². The Bertz CT molecular complexity index is 425. The number of amides is 1. The number of benzene rings is 1. The molecule has 0 spiro atoms. The van der Waals surface area contributed by atoms with Crippen LogP contribution in [0.25, 0.3) is 0 Å². The van der Waals surface area contributed by atoms with Gasteiger partial charge in [0.2, 0.25) is 5.91 Å². The number of carbonyl (C=O) groups excluding carboxylic acids is 1. The average molecular weight is 300 g/mol. The number of nitrogens with one attached hydrogen (secondary N) is 1. The van der Waals surface area contributed by atoms with Crippen LogP contribution in [0.2, 0.25) is 0 Å². The van der Waals surface area contributed by atoms with Gasteiger partial charge in [-0.25, -0.2) is 0 Å². The molecule has 0 aliphatic carbocycles. The van der Waals surface area contributed by atoms with Crippen LogP contribution in [0.3, 0.4) is 0 Å². The molecule has 1 fully saturated rings. The van der Waals surface area contributed by atoms with E-state index in [2.05, 4.69) is 10.2 Å². The second-order valence-corrected chi connectivity index (χ2v) is 4.79. The van der Waals surface area contributed by atoms with Gasteiger partial charge in [-0.05, 0) is 37.6 Å². The quantitative estimate of drug-likeness (QED) is 0.864. The molecule has 0 aromatic heterocycles. The highest BCUT2D eigenvalue weighted by Gasteiger charge is 2.20. The van der Waals surface area contributed by atoms with Crippen LogP contribution in [0, 0.1) is 0 Å². The first-order chi connectivity index (χ1) is 9.17. The summed E-state index contributed by atoms with van der Waals surface area (Å²) in [7, 11) is 0. The maximum atomic E-state index is 11.9. The smallest absolute Gasteiger partial charge is 0.238 e. The summed E-state index contributed by atoms with van der Waals surface area (Å²) in [6.45, 7) is 4.69. The fraction of sp³-hybridized carbons (Fsp3) is 0.500. The minimum Gasteiger partial charge on any atom is -0.494 e. The molecule has 20 heavy (non-hydrogen) atoms. The molecule has 0 bridgehead atoms. The lowest BCUT2D eigenvalue weighted by atomic mass is 10.3. The molecule has 112 valence electrons. The van der Waals surface area contributed by atoms with E-state index in [1.165, 1.54) is 0 Å². The van der Waals surface area contributed by atoms with Crippen LogP contribution in [0.4, 0.5) is 5.69 Å². The third-order valence-electron chi connectivity index (χ3n) is 3.13. The second kappa shape index (κ2) is 8.09. The normalized spacial score (nSPS) is 18.4. The van der Waals surface area contributed by atoms with Crippen molar-refractivity contribution >= 4 is 24.0 Å². The number of anilines is 1. The maximum Gasteiger partial charge on any atom is 0.238 e. The van der Waals surface area contributed by atoms with Crippen molar-refractivity contribution in [2.75, 3.05) is 31.6 Å². The van der Waals surface area contributed by atoms with Crippen molar-refractivity contribution in [2.24, 2.45) is 5.73 Å². The highest BCUT2D eigenvalue weighted by atomic mass is 35.5. The lowest BCUT2D eigenvalue weighted by Gasteiger charge is -2.14. The van der Waals surface area contributed by atoms with Gasteiger partial charge in [-0.1, -0.05) is 0 Å². The van der Waals surface area contributed by atoms with Crippen LogP contribution < -0.4 is 15.8 Å². The lowest BCUT2D eigenvalue weighted by molar-refractivity contribution is -0.117. The highest BCUT2D eigenvalue weighted by Crippen LogP contribution is 2.15. The molecule has 0 saturated carbocycles. The van der Waals surface area contributed by atoms with E-state index in [9.17, 15) is 4.79 Å². The molecule has 1 aliphatic heterocycles. The Hall–Kier alpha value is -1.30. The third-order valence-corrected chi connectivity index (χ3v) is 3.13. The van der Waals surface area contributed by atoms with Crippen molar-refractivity contribution in [3.05, 3.63) is 24.3 Å². The standard InChI is InChI=1S/C14H21N3O2.ClH/c1-2-19-13-5-3-12(4-6-13)16-14(18)10-17-8-7-11(15)9-17;/h3-6,11H,2,7-10,15H2,1H3,(H,16,18);1H/t11-;/m1./s1. The van der Waals surface area contributed by atoms with Crippen LogP contribution in [-0.4, -0.2) is 43.1 Å². The Morgan fingerprint density at radius 2 is 2.15 bits per heavy atom. The number of hydrogen-bond donors (Lipinski definition) is 2. The zero-order chi connectivity index (χ0) is 13.7. The molecule has 1 aromatic carbocycles. The van der Waals surface area contributed by atoms with E-state index in [-0.39, 0.29) is 24.4 Å². The van der Waals surface area contributed by atoms with Crippen LogP contribution in [0.1, 0.15) is 13.3 Å². The Kier molecular flexibility index (Phi) is 6.78. The van der Waals surface area contributed by atoms with E-state index in [1.807, 2.05) is 31.2 Å². The fourth-order valence-corrected chi connectivity index (χ4v) is 2.21. The average Bonchev–Trinajstić information content (AvgIpc) is 2.77. The molecular weight excluding hydrogens is 278 g/mol. The summed E-state index contributed by atoms with van der Waals surface area (Å²) < 4.78 is 5.35. The molecular formula is C14H22ClN3O2. The van der Waals surface area contributed by atoms with Gasteiger partial charge in [0.1, 0.15) is 5.75 Å². The predicted octanol–water partition coefficient (Wildman–Crippen LogP) is 1.48. The molecule has 6 heteroatoms. The first kappa shape index (κ1) is 16.8. The number of hydrogen-bond acceptors (Lipinski definition) is 4. The summed E-state index contributed by atoms with van der Waals surface area (Å²) >= 11 is 0. The van der Waals surface area contributed by atoms with Crippen molar-refractivity contribution in [3.8, 4) is 5.75 Å².